The number of nitrogens with two attached hydrogens (primary N) is 1. The zero-order valence-electron chi connectivity index (χ0n) is 8.49. The molecular weight excluding hydrogens is 194 g/mol. The van der Waals surface area contributed by atoms with Crippen LogP contribution in [0.15, 0.2) is 12.1 Å². The first-order valence-corrected chi connectivity index (χ1v) is 4.80. The first kappa shape index (κ1) is 9.98. The molecule has 0 aliphatic heterocycles. The molecule has 0 saturated carbocycles. The van der Waals surface area contributed by atoms with Gasteiger partial charge < -0.3 is 15.6 Å². The number of carboxylic acids is 1. The van der Waals surface area contributed by atoms with Gasteiger partial charge in [0.15, 0.2) is 0 Å². The Morgan fingerprint density at radius 1 is 1.47 bits per heavy atom. The monoisotopic (exact) mass is 207 g/mol. The summed E-state index contributed by atoms with van der Waals surface area (Å²) in [6, 6.07) is 3.56. The Balaban J connectivity index is 2.50. The van der Waals surface area contributed by atoms with Crippen molar-refractivity contribution in [3.63, 3.8) is 0 Å². The molecule has 1 atom stereocenters. The number of methoxy groups -OCH3 is 1. The van der Waals surface area contributed by atoms with Gasteiger partial charge in [-0.05, 0) is 36.1 Å². The Bertz CT molecular complexity index is 415. The van der Waals surface area contributed by atoms with E-state index in [9.17, 15) is 4.79 Å². The standard InChI is InChI=1S/C11H13NO3/c1-15-10-5-7-3-8(12)2-6(7)4-9(10)11(13)14/h4-5,8H,2-3,12H2,1H3,(H,13,14). The number of aromatic carboxylic acids is 1. The minimum absolute atomic E-state index is 0.105. The molecule has 0 heterocycles. The summed E-state index contributed by atoms with van der Waals surface area (Å²) >= 11 is 0. The third-order valence-electron chi connectivity index (χ3n) is 2.72. The topological polar surface area (TPSA) is 72.5 Å². The van der Waals surface area contributed by atoms with E-state index in [-0.39, 0.29) is 11.6 Å². The van der Waals surface area contributed by atoms with E-state index in [1.54, 1.807) is 12.1 Å². The molecule has 4 nitrogen and oxygen atoms in total. The summed E-state index contributed by atoms with van der Waals surface area (Å²) in [4.78, 5) is 11.0. The molecule has 0 amide bonds. The van der Waals surface area contributed by atoms with E-state index >= 15 is 0 Å². The second-order valence-corrected chi connectivity index (χ2v) is 3.79. The van der Waals surface area contributed by atoms with Gasteiger partial charge in [0, 0.05) is 6.04 Å². The second kappa shape index (κ2) is 3.55. The van der Waals surface area contributed by atoms with E-state index < -0.39 is 5.97 Å². The van der Waals surface area contributed by atoms with E-state index in [0.29, 0.717) is 5.75 Å². The molecule has 3 N–H and O–H groups in total. The number of hydrogen-bond acceptors (Lipinski definition) is 3. The largest absolute Gasteiger partial charge is 0.496 e. The number of rotatable bonds is 2. The zero-order chi connectivity index (χ0) is 11.0. The highest BCUT2D eigenvalue weighted by Crippen LogP contribution is 2.29. The fraction of sp³-hybridized carbons (Fsp3) is 0.364. The molecule has 0 spiro atoms. The molecule has 15 heavy (non-hydrogen) atoms. The fourth-order valence-electron chi connectivity index (χ4n) is 2.02. The minimum atomic E-state index is -0.963. The van der Waals surface area contributed by atoms with Crippen molar-refractivity contribution < 1.29 is 14.6 Å². The molecule has 2 rings (SSSR count). The van der Waals surface area contributed by atoms with Crippen molar-refractivity contribution in [1.82, 2.24) is 0 Å². The molecule has 0 fully saturated rings. The van der Waals surface area contributed by atoms with Crippen LogP contribution in [0, 0.1) is 0 Å². The Labute approximate surface area is 87.7 Å². The van der Waals surface area contributed by atoms with E-state index in [1.165, 1.54) is 7.11 Å². The summed E-state index contributed by atoms with van der Waals surface area (Å²) in [6.45, 7) is 0. The number of carboxylic acid groups (broad SMARTS) is 1. The van der Waals surface area contributed by atoms with Crippen LogP contribution >= 0.6 is 0 Å². The highest BCUT2D eigenvalue weighted by Gasteiger charge is 2.22. The highest BCUT2D eigenvalue weighted by molar-refractivity contribution is 5.91. The summed E-state index contributed by atoms with van der Waals surface area (Å²) < 4.78 is 5.05. The predicted molar refractivity (Wildman–Crippen MR) is 55.3 cm³/mol. The van der Waals surface area contributed by atoms with Gasteiger partial charge in [-0.3, -0.25) is 0 Å². The Morgan fingerprint density at radius 3 is 2.60 bits per heavy atom. The average molecular weight is 207 g/mol. The lowest BCUT2D eigenvalue weighted by Gasteiger charge is -2.07. The van der Waals surface area contributed by atoms with Gasteiger partial charge in [-0.25, -0.2) is 4.79 Å². The molecule has 1 aliphatic rings. The van der Waals surface area contributed by atoms with Gasteiger partial charge in [0.1, 0.15) is 11.3 Å². The summed E-state index contributed by atoms with van der Waals surface area (Å²) in [5, 5.41) is 8.98. The molecule has 1 aliphatic carbocycles. The van der Waals surface area contributed by atoms with E-state index in [4.69, 9.17) is 15.6 Å². The molecule has 80 valence electrons. The molecule has 4 heteroatoms. The maximum absolute atomic E-state index is 11.0. The van der Waals surface area contributed by atoms with Crippen molar-refractivity contribution in [1.29, 1.82) is 0 Å². The van der Waals surface area contributed by atoms with Crippen molar-refractivity contribution in [3.05, 3.63) is 28.8 Å². The van der Waals surface area contributed by atoms with Crippen LogP contribution in [0.4, 0.5) is 0 Å². The van der Waals surface area contributed by atoms with E-state index in [1.807, 2.05) is 0 Å². The Hall–Kier alpha value is -1.55. The fourth-order valence-corrected chi connectivity index (χ4v) is 2.02. The van der Waals surface area contributed by atoms with Crippen LogP contribution < -0.4 is 10.5 Å². The van der Waals surface area contributed by atoms with Gasteiger partial charge in [-0.15, -0.1) is 0 Å². The second-order valence-electron chi connectivity index (χ2n) is 3.79. The SMILES string of the molecule is COc1cc2c(cc1C(=O)O)CC(N)C2. The number of fused-ring (bicyclic) bond motifs is 1. The van der Waals surface area contributed by atoms with Crippen molar-refractivity contribution in [2.24, 2.45) is 5.73 Å². The molecule has 0 radical (unpaired) electrons. The molecular formula is C11H13NO3. The van der Waals surface area contributed by atoms with Crippen LogP contribution in [-0.2, 0) is 12.8 Å². The maximum atomic E-state index is 11.0. The first-order valence-electron chi connectivity index (χ1n) is 4.80. The van der Waals surface area contributed by atoms with Gasteiger partial charge in [0.25, 0.3) is 0 Å². The normalized spacial score (nSPS) is 18.7. The van der Waals surface area contributed by atoms with Crippen LogP contribution in [-0.4, -0.2) is 24.2 Å². The maximum Gasteiger partial charge on any atom is 0.339 e. The number of benzene rings is 1. The highest BCUT2D eigenvalue weighted by atomic mass is 16.5. The van der Waals surface area contributed by atoms with Crippen molar-refractivity contribution in [2.75, 3.05) is 7.11 Å². The van der Waals surface area contributed by atoms with Crippen molar-refractivity contribution in [3.8, 4) is 5.75 Å². The smallest absolute Gasteiger partial charge is 0.339 e. The molecule has 0 bridgehead atoms. The lowest BCUT2D eigenvalue weighted by Crippen LogP contribution is -2.19. The average Bonchev–Trinajstić information content (AvgIpc) is 2.54. The van der Waals surface area contributed by atoms with Gasteiger partial charge in [-0.1, -0.05) is 0 Å². The molecule has 1 unspecified atom stereocenters. The molecule has 1 aromatic rings. The number of hydrogen-bond donors (Lipinski definition) is 2. The molecule has 0 saturated heterocycles. The zero-order valence-corrected chi connectivity index (χ0v) is 8.49. The predicted octanol–water partition coefficient (Wildman–Crippen LogP) is 0.819. The Kier molecular flexibility index (Phi) is 2.36. The summed E-state index contributed by atoms with van der Waals surface area (Å²) in [6.07, 6.45) is 1.55. The van der Waals surface area contributed by atoms with Gasteiger partial charge in [-0.2, -0.15) is 0 Å². The summed E-state index contributed by atoms with van der Waals surface area (Å²) in [5.74, 6) is -0.550. The van der Waals surface area contributed by atoms with Gasteiger partial charge in [0.2, 0.25) is 0 Å². The summed E-state index contributed by atoms with van der Waals surface area (Å²) in [7, 11) is 1.48. The van der Waals surface area contributed by atoms with Crippen LogP contribution in [0.2, 0.25) is 0 Å². The van der Waals surface area contributed by atoms with Crippen molar-refractivity contribution >= 4 is 5.97 Å². The quantitative estimate of drug-likeness (QED) is 0.753. The van der Waals surface area contributed by atoms with E-state index in [0.717, 1.165) is 24.0 Å². The molecule has 1 aromatic carbocycles. The minimum Gasteiger partial charge on any atom is -0.496 e. The third-order valence-corrected chi connectivity index (χ3v) is 2.72. The number of ether oxygens (including phenoxy) is 1. The van der Waals surface area contributed by atoms with Crippen LogP contribution in [0.5, 0.6) is 5.75 Å². The Morgan fingerprint density at radius 2 is 2.07 bits per heavy atom. The summed E-state index contributed by atoms with van der Waals surface area (Å²) in [5.41, 5.74) is 8.16. The molecule has 0 aromatic heterocycles. The van der Waals surface area contributed by atoms with Crippen LogP contribution in [0.3, 0.4) is 0 Å². The van der Waals surface area contributed by atoms with Crippen molar-refractivity contribution in [2.45, 2.75) is 18.9 Å². The lowest BCUT2D eigenvalue weighted by atomic mass is 10.1. The first-order chi connectivity index (χ1) is 7.11. The third kappa shape index (κ3) is 1.68. The van der Waals surface area contributed by atoms with E-state index in [2.05, 4.69) is 0 Å². The lowest BCUT2D eigenvalue weighted by molar-refractivity contribution is 0.0693. The van der Waals surface area contributed by atoms with Gasteiger partial charge in [0.05, 0.1) is 7.11 Å². The van der Waals surface area contributed by atoms with Crippen LogP contribution in [0.25, 0.3) is 0 Å². The van der Waals surface area contributed by atoms with Gasteiger partial charge >= 0.3 is 5.97 Å². The van der Waals surface area contributed by atoms with Crippen LogP contribution in [0.1, 0.15) is 21.5 Å². The number of carbonyl (C=O) groups is 1.